The molecular formula is C7H8BN4. The highest BCUT2D eigenvalue weighted by atomic mass is 15.1. The normalized spacial score (nSPS) is 10.4. The summed E-state index contributed by atoms with van der Waals surface area (Å²) < 4.78 is 0. The van der Waals surface area contributed by atoms with E-state index >= 15 is 0 Å². The first-order chi connectivity index (χ1) is 5.92. The lowest BCUT2D eigenvalue weighted by atomic mass is 9.76. The van der Waals surface area contributed by atoms with Crippen LogP contribution in [0.2, 0.25) is 6.82 Å². The van der Waals surface area contributed by atoms with Crippen LogP contribution in [0.3, 0.4) is 0 Å². The molecule has 2 aromatic heterocycles. The number of fused-ring (bicyclic) bond motifs is 1. The molecular weight excluding hydrogens is 151 g/mol. The molecule has 0 fully saturated rings. The lowest BCUT2D eigenvalue weighted by Crippen LogP contribution is -1.96. The van der Waals surface area contributed by atoms with Gasteiger partial charge in [-0.15, -0.1) is 0 Å². The maximum atomic E-state index is 4.17. The van der Waals surface area contributed by atoms with Crippen molar-refractivity contribution >= 4 is 18.3 Å². The van der Waals surface area contributed by atoms with Gasteiger partial charge in [-0.05, 0) is 6.32 Å². The fraction of sp³-hybridized carbons (Fsp3) is 0.286. The number of hydrogen-bond acceptors (Lipinski definition) is 3. The molecule has 5 heteroatoms. The van der Waals surface area contributed by atoms with Crippen LogP contribution in [-0.2, 0) is 6.32 Å². The minimum Gasteiger partial charge on any atom is -0.261 e. The number of aromatic amines is 1. The fourth-order valence-electron chi connectivity index (χ4n) is 1.17. The summed E-state index contributed by atoms with van der Waals surface area (Å²) in [4.78, 5) is 8.21. The highest BCUT2D eigenvalue weighted by molar-refractivity contribution is 6.33. The SMILES string of the molecule is C[B]Cc1ncnc2[nH]ncc12. The van der Waals surface area contributed by atoms with Crippen LogP contribution in [0.5, 0.6) is 0 Å². The van der Waals surface area contributed by atoms with E-state index in [0.29, 0.717) is 0 Å². The van der Waals surface area contributed by atoms with E-state index < -0.39 is 0 Å². The van der Waals surface area contributed by atoms with Gasteiger partial charge >= 0.3 is 0 Å². The molecule has 2 rings (SSSR count). The largest absolute Gasteiger partial charge is 0.261 e. The Hall–Kier alpha value is -1.39. The molecule has 0 saturated heterocycles. The molecule has 0 spiro atoms. The Balaban J connectivity index is 2.57. The van der Waals surface area contributed by atoms with Crippen LogP contribution < -0.4 is 0 Å². The van der Waals surface area contributed by atoms with Gasteiger partial charge in [-0.3, -0.25) is 5.10 Å². The summed E-state index contributed by atoms with van der Waals surface area (Å²) in [6.07, 6.45) is 4.17. The summed E-state index contributed by atoms with van der Waals surface area (Å²) in [5.41, 5.74) is 1.83. The zero-order valence-electron chi connectivity index (χ0n) is 6.78. The van der Waals surface area contributed by atoms with E-state index in [1.165, 1.54) is 0 Å². The smallest absolute Gasteiger partial charge is 0.158 e. The van der Waals surface area contributed by atoms with E-state index in [4.69, 9.17) is 0 Å². The molecule has 1 radical (unpaired) electrons. The maximum Gasteiger partial charge on any atom is 0.158 e. The number of aromatic nitrogens is 4. The van der Waals surface area contributed by atoms with Crippen LogP contribution >= 0.6 is 0 Å². The van der Waals surface area contributed by atoms with Gasteiger partial charge in [0.05, 0.1) is 11.6 Å². The van der Waals surface area contributed by atoms with Crippen molar-refractivity contribution in [2.45, 2.75) is 13.1 Å². The molecule has 59 valence electrons. The molecule has 1 N–H and O–H groups in total. The zero-order chi connectivity index (χ0) is 8.39. The molecule has 2 heterocycles. The lowest BCUT2D eigenvalue weighted by Gasteiger charge is -1.96. The van der Waals surface area contributed by atoms with Crippen LogP contribution in [0.4, 0.5) is 0 Å². The predicted molar refractivity (Wildman–Crippen MR) is 47.0 cm³/mol. The lowest BCUT2D eigenvalue weighted by molar-refractivity contribution is 1.08. The molecule has 0 aliphatic carbocycles. The number of H-pyrrole nitrogens is 1. The summed E-state index contributed by atoms with van der Waals surface area (Å²) in [5, 5.41) is 7.72. The Morgan fingerprint density at radius 2 is 2.42 bits per heavy atom. The number of rotatable bonds is 2. The summed E-state index contributed by atoms with van der Waals surface area (Å²) in [6, 6.07) is 0. The molecule has 12 heavy (non-hydrogen) atoms. The first-order valence-corrected chi connectivity index (χ1v) is 3.82. The van der Waals surface area contributed by atoms with Crippen molar-refractivity contribution in [1.29, 1.82) is 0 Å². The average Bonchev–Trinajstić information content (AvgIpc) is 2.53. The van der Waals surface area contributed by atoms with Gasteiger partial charge in [-0.2, -0.15) is 5.10 Å². The average molecular weight is 159 g/mol. The van der Waals surface area contributed by atoms with Gasteiger partial charge in [-0.1, -0.05) is 6.82 Å². The molecule has 0 bridgehead atoms. The van der Waals surface area contributed by atoms with Gasteiger partial charge in [0.15, 0.2) is 5.65 Å². The van der Waals surface area contributed by atoms with Crippen molar-refractivity contribution in [3.8, 4) is 0 Å². The first-order valence-electron chi connectivity index (χ1n) is 3.82. The van der Waals surface area contributed by atoms with Crippen molar-refractivity contribution in [3.05, 3.63) is 18.2 Å². The minimum atomic E-state index is 0.807. The van der Waals surface area contributed by atoms with E-state index in [0.717, 1.165) is 23.0 Å². The van der Waals surface area contributed by atoms with E-state index in [9.17, 15) is 0 Å². The monoisotopic (exact) mass is 159 g/mol. The molecule has 0 aliphatic rings. The molecule has 0 unspecified atom stereocenters. The zero-order valence-corrected chi connectivity index (χ0v) is 6.78. The van der Waals surface area contributed by atoms with E-state index in [1.807, 2.05) is 6.82 Å². The number of nitrogens with zero attached hydrogens (tertiary/aromatic N) is 3. The van der Waals surface area contributed by atoms with Crippen molar-refractivity contribution in [2.75, 3.05) is 0 Å². The second-order valence-corrected chi connectivity index (χ2v) is 2.57. The van der Waals surface area contributed by atoms with Gasteiger partial charge in [0.25, 0.3) is 0 Å². The molecule has 0 saturated carbocycles. The van der Waals surface area contributed by atoms with Crippen LogP contribution in [-0.4, -0.2) is 27.4 Å². The summed E-state index contributed by atoms with van der Waals surface area (Å²) in [5.74, 6) is 0. The third-order valence-electron chi connectivity index (χ3n) is 1.73. The Bertz CT molecular complexity index is 384. The third kappa shape index (κ3) is 1.07. The second-order valence-electron chi connectivity index (χ2n) is 2.57. The minimum absolute atomic E-state index is 0.807. The van der Waals surface area contributed by atoms with Crippen molar-refractivity contribution in [3.63, 3.8) is 0 Å². The highest BCUT2D eigenvalue weighted by Gasteiger charge is 2.02. The highest BCUT2D eigenvalue weighted by Crippen LogP contribution is 2.10. The summed E-state index contributed by atoms with van der Waals surface area (Å²) in [6.45, 7) is 2.01. The predicted octanol–water partition coefficient (Wildman–Crippen LogP) is 0.605. The van der Waals surface area contributed by atoms with E-state index in [2.05, 4.69) is 27.4 Å². The van der Waals surface area contributed by atoms with Crippen molar-refractivity contribution in [2.24, 2.45) is 0 Å². The Labute approximate surface area is 70.7 Å². The van der Waals surface area contributed by atoms with Gasteiger partial charge in [-0.25, -0.2) is 9.97 Å². The summed E-state index contributed by atoms with van der Waals surface area (Å²) >= 11 is 0. The van der Waals surface area contributed by atoms with Gasteiger partial charge in [0.2, 0.25) is 0 Å². The van der Waals surface area contributed by atoms with Gasteiger partial charge < -0.3 is 0 Å². The van der Waals surface area contributed by atoms with Gasteiger partial charge in [0, 0.05) is 5.69 Å². The molecule has 0 amide bonds. The molecule has 0 atom stereocenters. The van der Waals surface area contributed by atoms with Crippen LogP contribution in [0.1, 0.15) is 5.69 Å². The summed E-state index contributed by atoms with van der Waals surface area (Å²) in [7, 11) is 2.06. The van der Waals surface area contributed by atoms with E-state index in [-0.39, 0.29) is 0 Å². The quantitative estimate of drug-likeness (QED) is 0.652. The van der Waals surface area contributed by atoms with Gasteiger partial charge in [0.1, 0.15) is 13.6 Å². The Morgan fingerprint density at radius 3 is 3.25 bits per heavy atom. The molecule has 0 aromatic carbocycles. The topological polar surface area (TPSA) is 54.5 Å². The standard InChI is InChI=1S/C7H8BN4/c1-8-2-6-5-3-11-12-7(5)10-4-9-6/h3-4H,2H2,1H3,(H,9,10,11,12). The van der Waals surface area contributed by atoms with E-state index in [1.54, 1.807) is 12.5 Å². The number of nitrogens with one attached hydrogen (secondary N) is 1. The van der Waals surface area contributed by atoms with Crippen LogP contribution in [0.25, 0.3) is 11.0 Å². The van der Waals surface area contributed by atoms with Crippen molar-refractivity contribution in [1.82, 2.24) is 20.2 Å². The fourth-order valence-corrected chi connectivity index (χ4v) is 1.17. The number of hydrogen-bond donors (Lipinski definition) is 1. The molecule has 4 nitrogen and oxygen atoms in total. The molecule has 2 aromatic rings. The third-order valence-corrected chi connectivity index (χ3v) is 1.73. The van der Waals surface area contributed by atoms with Crippen molar-refractivity contribution < 1.29 is 0 Å². The second kappa shape index (κ2) is 2.93. The Kier molecular flexibility index (Phi) is 1.77. The maximum absolute atomic E-state index is 4.17. The Morgan fingerprint density at radius 1 is 1.50 bits per heavy atom. The first kappa shape index (κ1) is 7.27. The van der Waals surface area contributed by atoms with Crippen LogP contribution in [0.15, 0.2) is 12.5 Å². The van der Waals surface area contributed by atoms with Crippen LogP contribution in [0, 0.1) is 0 Å². The molecule has 0 aliphatic heterocycles.